The Morgan fingerprint density at radius 3 is 2.74 bits per heavy atom. The summed E-state index contributed by atoms with van der Waals surface area (Å²) in [6, 6.07) is 9.10. The Hall–Kier alpha value is -2.44. The lowest BCUT2D eigenvalue weighted by molar-refractivity contribution is 0.0954. The lowest BCUT2D eigenvalue weighted by atomic mass is 10.1. The monoisotopic (exact) mass is 314 g/mol. The minimum absolute atomic E-state index is 0.118. The number of rotatable bonds is 8. The number of ether oxygens (including phenoxy) is 1. The van der Waals surface area contributed by atoms with Gasteiger partial charge < -0.3 is 20.7 Å². The Morgan fingerprint density at radius 1 is 1.17 bits per heavy atom. The lowest BCUT2D eigenvalue weighted by Crippen LogP contribution is -2.30. The van der Waals surface area contributed by atoms with E-state index in [1.165, 1.54) is 0 Å². The van der Waals surface area contributed by atoms with Gasteiger partial charge in [0.25, 0.3) is 5.91 Å². The maximum absolute atomic E-state index is 12.2. The first kappa shape index (κ1) is 16.9. The number of likely N-dealkylation sites (N-methyl/N-ethyl adjacent to an activating group) is 1. The third kappa shape index (κ3) is 5.05. The highest BCUT2D eigenvalue weighted by atomic mass is 16.5. The zero-order chi connectivity index (χ0) is 16.5. The topological polar surface area (TPSA) is 75.3 Å². The van der Waals surface area contributed by atoms with Gasteiger partial charge in [-0.3, -0.25) is 9.78 Å². The van der Waals surface area contributed by atoms with Crippen molar-refractivity contribution in [3.8, 4) is 11.5 Å². The predicted octanol–water partition coefficient (Wildman–Crippen LogP) is 1.54. The highest BCUT2D eigenvalue weighted by molar-refractivity contribution is 5.94. The molecule has 0 bridgehead atoms. The fourth-order valence-electron chi connectivity index (χ4n) is 2.06. The van der Waals surface area contributed by atoms with Crippen molar-refractivity contribution in [2.45, 2.75) is 6.54 Å². The summed E-state index contributed by atoms with van der Waals surface area (Å²) in [4.78, 5) is 16.2. The highest BCUT2D eigenvalue weighted by Gasteiger charge is 2.11. The molecule has 0 spiro atoms. The standard InChI is InChI=1S/C17H22N4O2/c1-18-8-9-21-17(22)13-5-6-14(11-19-2)16(10-13)23-15-4-3-7-20-12-15/h3-7,10,12,18-19H,8-9,11H2,1-2H3,(H,21,22). The Bertz CT molecular complexity index is 632. The second kappa shape index (κ2) is 8.87. The van der Waals surface area contributed by atoms with E-state index >= 15 is 0 Å². The smallest absolute Gasteiger partial charge is 0.251 e. The van der Waals surface area contributed by atoms with Crippen molar-refractivity contribution < 1.29 is 9.53 Å². The SMILES string of the molecule is CNCCNC(=O)c1ccc(CNC)c(Oc2cccnc2)c1. The third-order valence-electron chi connectivity index (χ3n) is 3.22. The maximum atomic E-state index is 12.2. The first-order valence-corrected chi connectivity index (χ1v) is 7.53. The van der Waals surface area contributed by atoms with Crippen LogP contribution in [-0.4, -0.2) is 38.1 Å². The van der Waals surface area contributed by atoms with Gasteiger partial charge in [0.05, 0.1) is 6.20 Å². The first-order chi connectivity index (χ1) is 11.2. The summed E-state index contributed by atoms with van der Waals surface area (Å²) < 4.78 is 5.88. The summed E-state index contributed by atoms with van der Waals surface area (Å²) in [7, 11) is 3.71. The minimum Gasteiger partial charge on any atom is -0.455 e. The lowest BCUT2D eigenvalue weighted by Gasteiger charge is -2.13. The van der Waals surface area contributed by atoms with E-state index < -0.39 is 0 Å². The normalized spacial score (nSPS) is 10.3. The molecule has 6 heteroatoms. The van der Waals surface area contributed by atoms with E-state index in [1.807, 2.05) is 26.2 Å². The Balaban J connectivity index is 2.19. The van der Waals surface area contributed by atoms with E-state index in [0.717, 1.165) is 12.1 Å². The molecule has 0 saturated carbocycles. The zero-order valence-corrected chi connectivity index (χ0v) is 13.4. The van der Waals surface area contributed by atoms with Crippen LogP contribution in [0.4, 0.5) is 0 Å². The highest BCUT2D eigenvalue weighted by Crippen LogP contribution is 2.26. The third-order valence-corrected chi connectivity index (χ3v) is 3.22. The van der Waals surface area contributed by atoms with E-state index in [2.05, 4.69) is 20.9 Å². The molecule has 0 fully saturated rings. The molecule has 0 unspecified atom stereocenters. The number of carbonyl (C=O) groups is 1. The molecule has 1 aromatic heterocycles. The summed E-state index contributed by atoms with van der Waals surface area (Å²) in [5, 5.41) is 8.94. The molecule has 0 aliphatic heterocycles. The number of carbonyl (C=O) groups excluding carboxylic acids is 1. The van der Waals surface area contributed by atoms with Crippen molar-refractivity contribution in [2.75, 3.05) is 27.2 Å². The molecular weight excluding hydrogens is 292 g/mol. The van der Waals surface area contributed by atoms with Crippen LogP contribution in [0.3, 0.4) is 0 Å². The Labute approximate surface area is 136 Å². The summed E-state index contributed by atoms with van der Waals surface area (Å²) in [5.41, 5.74) is 1.54. The maximum Gasteiger partial charge on any atom is 0.251 e. The number of hydrogen-bond acceptors (Lipinski definition) is 5. The zero-order valence-electron chi connectivity index (χ0n) is 13.4. The number of nitrogens with zero attached hydrogens (tertiary/aromatic N) is 1. The molecule has 1 amide bonds. The Kier molecular flexibility index (Phi) is 6.53. The van der Waals surface area contributed by atoms with E-state index in [-0.39, 0.29) is 5.91 Å². The average Bonchev–Trinajstić information content (AvgIpc) is 2.57. The van der Waals surface area contributed by atoms with Crippen molar-refractivity contribution in [3.05, 3.63) is 53.9 Å². The average molecular weight is 314 g/mol. The number of benzene rings is 1. The number of aromatic nitrogens is 1. The first-order valence-electron chi connectivity index (χ1n) is 7.53. The van der Waals surface area contributed by atoms with Crippen molar-refractivity contribution in [2.24, 2.45) is 0 Å². The van der Waals surface area contributed by atoms with E-state index in [0.29, 0.717) is 30.2 Å². The molecule has 2 rings (SSSR count). The van der Waals surface area contributed by atoms with Crippen LogP contribution in [-0.2, 0) is 6.54 Å². The molecule has 122 valence electrons. The molecule has 1 aromatic carbocycles. The van der Waals surface area contributed by atoms with Crippen LogP contribution in [0.15, 0.2) is 42.7 Å². The van der Waals surface area contributed by atoms with Crippen LogP contribution in [0.5, 0.6) is 11.5 Å². The molecule has 1 heterocycles. The molecule has 2 aromatic rings. The van der Waals surface area contributed by atoms with Gasteiger partial charge in [-0.2, -0.15) is 0 Å². The van der Waals surface area contributed by atoms with Gasteiger partial charge in [-0.25, -0.2) is 0 Å². The molecule has 6 nitrogen and oxygen atoms in total. The summed E-state index contributed by atoms with van der Waals surface area (Å²) in [6.07, 6.45) is 3.33. The van der Waals surface area contributed by atoms with Gasteiger partial charge in [0.2, 0.25) is 0 Å². The molecule has 3 N–H and O–H groups in total. The van der Waals surface area contributed by atoms with Gasteiger partial charge >= 0.3 is 0 Å². The molecular formula is C17H22N4O2. The van der Waals surface area contributed by atoms with Crippen LogP contribution < -0.4 is 20.7 Å². The fraction of sp³-hybridized carbons (Fsp3) is 0.294. The van der Waals surface area contributed by atoms with Gasteiger partial charge in [-0.05, 0) is 38.4 Å². The molecule has 0 atom stereocenters. The quantitative estimate of drug-likeness (QED) is 0.645. The van der Waals surface area contributed by atoms with Crippen LogP contribution in [0, 0.1) is 0 Å². The largest absolute Gasteiger partial charge is 0.455 e. The summed E-state index contributed by atoms with van der Waals surface area (Å²) in [6.45, 7) is 1.95. The van der Waals surface area contributed by atoms with Crippen LogP contribution in [0.2, 0.25) is 0 Å². The predicted molar refractivity (Wildman–Crippen MR) is 89.8 cm³/mol. The number of amides is 1. The van der Waals surface area contributed by atoms with Crippen molar-refractivity contribution in [1.82, 2.24) is 20.9 Å². The summed E-state index contributed by atoms with van der Waals surface area (Å²) in [5.74, 6) is 1.17. The molecule has 23 heavy (non-hydrogen) atoms. The van der Waals surface area contributed by atoms with Gasteiger partial charge in [-0.15, -0.1) is 0 Å². The Morgan fingerprint density at radius 2 is 2.04 bits per heavy atom. The van der Waals surface area contributed by atoms with Crippen LogP contribution in [0.25, 0.3) is 0 Å². The van der Waals surface area contributed by atoms with Crippen LogP contribution >= 0.6 is 0 Å². The van der Waals surface area contributed by atoms with Crippen LogP contribution in [0.1, 0.15) is 15.9 Å². The molecule has 0 radical (unpaired) electrons. The number of pyridine rings is 1. The molecule has 0 aliphatic rings. The number of nitrogens with one attached hydrogen (secondary N) is 3. The second-order valence-electron chi connectivity index (χ2n) is 5.00. The van der Waals surface area contributed by atoms with Crippen molar-refractivity contribution in [3.63, 3.8) is 0 Å². The van der Waals surface area contributed by atoms with E-state index in [9.17, 15) is 4.79 Å². The second-order valence-corrected chi connectivity index (χ2v) is 5.00. The fourth-order valence-corrected chi connectivity index (χ4v) is 2.06. The van der Waals surface area contributed by atoms with E-state index in [4.69, 9.17) is 4.74 Å². The number of hydrogen-bond donors (Lipinski definition) is 3. The molecule has 0 saturated heterocycles. The van der Waals surface area contributed by atoms with Gasteiger partial charge in [-0.1, -0.05) is 6.07 Å². The van der Waals surface area contributed by atoms with Crippen molar-refractivity contribution in [1.29, 1.82) is 0 Å². The van der Waals surface area contributed by atoms with Gasteiger partial charge in [0.1, 0.15) is 11.5 Å². The molecule has 0 aliphatic carbocycles. The van der Waals surface area contributed by atoms with Gasteiger partial charge in [0, 0.05) is 37.0 Å². The van der Waals surface area contributed by atoms with E-state index in [1.54, 1.807) is 30.6 Å². The van der Waals surface area contributed by atoms with Crippen molar-refractivity contribution >= 4 is 5.91 Å². The van der Waals surface area contributed by atoms with Gasteiger partial charge in [0.15, 0.2) is 0 Å². The minimum atomic E-state index is -0.118. The summed E-state index contributed by atoms with van der Waals surface area (Å²) >= 11 is 0.